The molecule has 0 spiro atoms. The van der Waals surface area contributed by atoms with Crippen LogP contribution in [-0.4, -0.2) is 26.2 Å². The zero-order chi connectivity index (χ0) is 19.2. The van der Waals surface area contributed by atoms with Crippen molar-refractivity contribution in [2.75, 3.05) is 18.5 Å². The van der Waals surface area contributed by atoms with Crippen molar-refractivity contribution in [2.24, 2.45) is 0 Å². The van der Waals surface area contributed by atoms with E-state index >= 15 is 0 Å². The second-order valence-electron chi connectivity index (χ2n) is 6.53. The Morgan fingerprint density at radius 3 is 2.93 bits per heavy atom. The van der Waals surface area contributed by atoms with Gasteiger partial charge in [-0.15, -0.1) is 0 Å². The fourth-order valence-corrected chi connectivity index (χ4v) is 3.64. The molecular formula is C22H21IN4O. The highest BCUT2D eigenvalue weighted by Crippen LogP contribution is 2.24. The van der Waals surface area contributed by atoms with E-state index < -0.39 is 0 Å². The van der Waals surface area contributed by atoms with Crippen molar-refractivity contribution in [3.05, 3.63) is 78.5 Å². The fraction of sp³-hybridized carbons (Fsp3) is 0.182. The second kappa shape index (κ2) is 9.16. The maximum absolute atomic E-state index is 5.90. The van der Waals surface area contributed by atoms with Gasteiger partial charge in [0, 0.05) is 53.4 Å². The number of fused-ring (bicyclic) bond motifs is 7. The van der Waals surface area contributed by atoms with E-state index in [1.165, 1.54) is 5.56 Å². The zero-order valence-corrected chi connectivity index (χ0v) is 17.5. The van der Waals surface area contributed by atoms with Gasteiger partial charge in [-0.3, -0.25) is 0 Å². The summed E-state index contributed by atoms with van der Waals surface area (Å²) in [5.74, 6) is 1.43. The maximum Gasteiger partial charge on any atom is 0.227 e. The number of aromatic nitrogens is 2. The van der Waals surface area contributed by atoms with Crippen LogP contribution in [0.2, 0.25) is 0 Å². The molecule has 0 radical (unpaired) electrons. The topological polar surface area (TPSA) is 50.3 Å². The van der Waals surface area contributed by atoms with E-state index in [9.17, 15) is 0 Å². The van der Waals surface area contributed by atoms with Crippen LogP contribution in [0.15, 0.2) is 72.9 Å². The summed E-state index contributed by atoms with van der Waals surface area (Å²) in [6, 6.07) is 18.3. The number of nitrogens with one attached hydrogen (secondary N) is 1. The van der Waals surface area contributed by atoms with E-state index in [0.29, 0.717) is 12.6 Å². The molecule has 1 N–H and O–H groups in total. The average molecular weight is 484 g/mol. The lowest BCUT2D eigenvalue weighted by Crippen LogP contribution is -2.11. The van der Waals surface area contributed by atoms with Gasteiger partial charge in [0.1, 0.15) is 5.75 Å². The van der Waals surface area contributed by atoms with Crippen LogP contribution < -0.4 is 10.1 Å². The zero-order valence-electron chi connectivity index (χ0n) is 15.4. The standard InChI is InChI=1S/C22H21IN4O/c23-27-12-2-1-3-13-28-20-9-5-7-18(15-20)21-10-11-24-22(26-21)25-19-8-4-6-17(14-19)16-27/h1-2,4-11,14-15H,3,12-13,16H2,(H,24,25,26)/b2-1+. The average Bonchev–Trinajstić information content (AvgIpc) is 2.71. The Morgan fingerprint density at radius 2 is 1.96 bits per heavy atom. The number of rotatable bonds is 0. The van der Waals surface area contributed by atoms with Crippen molar-refractivity contribution in [1.82, 2.24) is 13.1 Å². The number of benzene rings is 2. The van der Waals surface area contributed by atoms with E-state index in [1.54, 1.807) is 6.20 Å². The Hall–Kier alpha value is -2.45. The summed E-state index contributed by atoms with van der Waals surface area (Å²) >= 11 is 2.36. The number of anilines is 2. The molecule has 0 saturated carbocycles. The molecule has 0 saturated heterocycles. The number of nitrogens with zero attached hydrogens (tertiary/aromatic N) is 3. The third-order valence-corrected chi connectivity index (χ3v) is 5.08. The lowest BCUT2D eigenvalue weighted by atomic mass is 10.1. The first-order valence-electron chi connectivity index (χ1n) is 9.24. The molecule has 0 aliphatic carbocycles. The smallest absolute Gasteiger partial charge is 0.227 e. The van der Waals surface area contributed by atoms with E-state index in [1.807, 2.05) is 36.4 Å². The molecule has 1 aromatic heterocycles. The summed E-state index contributed by atoms with van der Waals surface area (Å²) in [5, 5.41) is 3.32. The van der Waals surface area contributed by atoms with Gasteiger partial charge in [-0.2, -0.15) is 0 Å². The quantitative estimate of drug-likeness (QED) is 0.264. The second-order valence-corrected chi connectivity index (χ2v) is 7.90. The van der Waals surface area contributed by atoms with Crippen LogP contribution in [0.1, 0.15) is 12.0 Å². The normalized spacial score (nSPS) is 16.2. The highest BCUT2D eigenvalue weighted by molar-refractivity contribution is 14.1. The van der Waals surface area contributed by atoms with Gasteiger partial charge in [-0.25, -0.2) is 13.1 Å². The molecule has 1 aliphatic rings. The summed E-state index contributed by atoms with van der Waals surface area (Å²) < 4.78 is 8.15. The molecule has 0 amide bonds. The summed E-state index contributed by atoms with van der Waals surface area (Å²) in [6.45, 7) is 2.40. The summed E-state index contributed by atoms with van der Waals surface area (Å²) in [5.41, 5.74) is 4.08. The van der Waals surface area contributed by atoms with Gasteiger partial charge >= 0.3 is 0 Å². The predicted molar refractivity (Wildman–Crippen MR) is 121 cm³/mol. The number of hydrogen-bond acceptors (Lipinski definition) is 5. The molecule has 2 aromatic carbocycles. The third-order valence-electron chi connectivity index (χ3n) is 4.35. The summed E-state index contributed by atoms with van der Waals surface area (Å²) in [6.07, 6.45) is 7.02. The van der Waals surface area contributed by atoms with Gasteiger partial charge in [-0.05, 0) is 42.3 Å². The first-order valence-corrected chi connectivity index (χ1v) is 10.2. The van der Waals surface area contributed by atoms with Crippen molar-refractivity contribution in [3.63, 3.8) is 0 Å². The van der Waals surface area contributed by atoms with Crippen LogP contribution in [0.5, 0.6) is 5.75 Å². The highest BCUT2D eigenvalue weighted by Gasteiger charge is 2.06. The SMILES string of the molecule is IN1C/C=C/CCOc2cccc(c2)-c2ccnc(n2)Nc2cccc(c2)C1. The van der Waals surface area contributed by atoms with Gasteiger partial charge in [0.15, 0.2) is 0 Å². The molecule has 6 heteroatoms. The molecule has 0 fully saturated rings. The summed E-state index contributed by atoms with van der Waals surface area (Å²) in [7, 11) is 0. The Bertz CT molecular complexity index is 976. The molecule has 0 atom stereocenters. The number of halogens is 1. The van der Waals surface area contributed by atoms with Crippen LogP contribution in [0, 0.1) is 0 Å². The maximum atomic E-state index is 5.90. The Kier molecular flexibility index (Phi) is 6.18. The largest absolute Gasteiger partial charge is 0.493 e. The van der Waals surface area contributed by atoms with Gasteiger partial charge in [-0.1, -0.05) is 36.4 Å². The minimum absolute atomic E-state index is 0.580. The molecule has 0 unspecified atom stereocenters. The monoisotopic (exact) mass is 484 g/mol. The first kappa shape index (κ1) is 18.9. The lowest BCUT2D eigenvalue weighted by molar-refractivity contribution is 0.325. The fourth-order valence-electron chi connectivity index (χ4n) is 3.02. The van der Waals surface area contributed by atoms with Crippen molar-refractivity contribution in [3.8, 4) is 17.0 Å². The Labute approximate surface area is 179 Å². The van der Waals surface area contributed by atoms with Gasteiger partial charge in [0.25, 0.3) is 0 Å². The van der Waals surface area contributed by atoms with E-state index in [4.69, 9.17) is 4.74 Å². The van der Waals surface area contributed by atoms with Crippen LogP contribution >= 0.6 is 22.9 Å². The molecule has 2 heterocycles. The number of hydrogen-bond donors (Lipinski definition) is 1. The molecule has 5 nitrogen and oxygen atoms in total. The van der Waals surface area contributed by atoms with Crippen LogP contribution in [0.25, 0.3) is 11.3 Å². The Balaban J connectivity index is 1.67. The van der Waals surface area contributed by atoms with Gasteiger partial charge in [0.05, 0.1) is 12.3 Å². The number of ether oxygens (including phenoxy) is 1. The van der Waals surface area contributed by atoms with Gasteiger partial charge < -0.3 is 10.1 Å². The highest BCUT2D eigenvalue weighted by atomic mass is 127. The minimum atomic E-state index is 0.580. The molecule has 3 aromatic rings. The van der Waals surface area contributed by atoms with E-state index in [0.717, 1.165) is 42.2 Å². The van der Waals surface area contributed by atoms with Crippen molar-refractivity contribution >= 4 is 34.5 Å². The van der Waals surface area contributed by atoms with Crippen molar-refractivity contribution in [1.29, 1.82) is 0 Å². The first-order chi connectivity index (χ1) is 13.8. The van der Waals surface area contributed by atoms with Crippen LogP contribution in [-0.2, 0) is 6.54 Å². The molecule has 6 bridgehead atoms. The van der Waals surface area contributed by atoms with Crippen LogP contribution in [0.3, 0.4) is 0 Å². The molecule has 142 valence electrons. The van der Waals surface area contributed by atoms with Crippen molar-refractivity contribution in [2.45, 2.75) is 13.0 Å². The summed E-state index contributed by atoms with van der Waals surface area (Å²) in [4.78, 5) is 9.05. The Morgan fingerprint density at radius 1 is 1.04 bits per heavy atom. The molecule has 1 aliphatic heterocycles. The lowest BCUT2D eigenvalue weighted by Gasteiger charge is -2.14. The molecular weight excluding hydrogens is 463 g/mol. The molecule has 28 heavy (non-hydrogen) atoms. The van der Waals surface area contributed by atoms with Crippen molar-refractivity contribution < 1.29 is 4.74 Å². The minimum Gasteiger partial charge on any atom is -0.493 e. The van der Waals surface area contributed by atoms with E-state index in [2.05, 4.69) is 71.6 Å². The van der Waals surface area contributed by atoms with E-state index in [-0.39, 0.29) is 0 Å². The predicted octanol–water partition coefficient (Wildman–Crippen LogP) is 5.38. The third kappa shape index (κ3) is 5.08. The van der Waals surface area contributed by atoms with Gasteiger partial charge in [0.2, 0.25) is 5.95 Å². The molecule has 4 rings (SSSR count). The van der Waals surface area contributed by atoms with Crippen LogP contribution in [0.4, 0.5) is 11.6 Å².